The highest BCUT2D eigenvalue weighted by molar-refractivity contribution is 4.89. The highest BCUT2D eigenvalue weighted by Gasteiger charge is 2.25. The Hall–Kier alpha value is -0.870. The highest BCUT2D eigenvalue weighted by atomic mass is 15.0. The van der Waals surface area contributed by atoms with Crippen molar-refractivity contribution in [3.05, 3.63) is 18.2 Å². The molecular formula is C10H18N4. The van der Waals surface area contributed by atoms with Crippen molar-refractivity contribution in [2.24, 2.45) is 11.7 Å². The van der Waals surface area contributed by atoms with E-state index in [0.717, 1.165) is 18.9 Å². The Morgan fingerprint density at radius 1 is 1.57 bits per heavy atom. The summed E-state index contributed by atoms with van der Waals surface area (Å²) >= 11 is 0. The average molecular weight is 194 g/mol. The minimum Gasteiger partial charge on any atom is -0.348 e. The molecule has 1 aliphatic rings. The van der Waals surface area contributed by atoms with Crippen molar-refractivity contribution in [2.75, 3.05) is 6.54 Å². The molecule has 0 amide bonds. The van der Waals surface area contributed by atoms with Crippen LogP contribution in [0.4, 0.5) is 0 Å². The predicted molar refractivity (Wildman–Crippen MR) is 55.6 cm³/mol. The van der Waals surface area contributed by atoms with E-state index in [1.807, 2.05) is 6.20 Å². The van der Waals surface area contributed by atoms with Crippen LogP contribution in [0, 0.1) is 5.92 Å². The molecule has 0 radical (unpaired) electrons. The van der Waals surface area contributed by atoms with Gasteiger partial charge in [-0.2, -0.15) is 0 Å². The first kappa shape index (κ1) is 9.68. The molecule has 4 heteroatoms. The van der Waals surface area contributed by atoms with Crippen LogP contribution in [0.5, 0.6) is 0 Å². The lowest BCUT2D eigenvalue weighted by Crippen LogP contribution is -2.35. The van der Waals surface area contributed by atoms with Gasteiger partial charge in [-0.1, -0.05) is 6.42 Å². The Labute approximate surface area is 84.3 Å². The van der Waals surface area contributed by atoms with Crippen LogP contribution in [0.2, 0.25) is 0 Å². The topological polar surface area (TPSA) is 66.7 Å². The van der Waals surface area contributed by atoms with Gasteiger partial charge >= 0.3 is 0 Å². The molecule has 0 aliphatic heterocycles. The van der Waals surface area contributed by atoms with E-state index < -0.39 is 0 Å². The quantitative estimate of drug-likeness (QED) is 0.658. The van der Waals surface area contributed by atoms with Crippen molar-refractivity contribution < 1.29 is 0 Å². The van der Waals surface area contributed by atoms with Gasteiger partial charge in [-0.3, -0.25) is 0 Å². The molecule has 78 valence electrons. The first-order chi connectivity index (χ1) is 6.90. The van der Waals surface area contributed by atoms with E-state index in [1.165, 1.54) is 19.3 Å². The van der Waals surface area contributed by atoms with Gasteiger partial charge in [0.25, 0.3) is 0 Å². The summed E-state index contributed by atoms with van der Waals surface area (Å²) in [6, 6.07) is 0.588. The van der Waals surface area contributed by atoms with Gasteiger partial charge in [0.15, 0.2) is 0 Å². The van der Waals surface area contributed by atoms with E-state index in [-0.39, 0.29) is 0 Å². The summed E-state index contributed by atoms with van der Waals surface area (Å²) < 4.78 is 0. The molecule has 2 unspecified atom stereocenters. The van der Waals surface area contributed by atoms with E-state index in [4.69, 9.17) is 5.73 Å². The number of hydrogen-bond donors (Lipinski definition) is 3. The van der Waals surface area contributed by atoms with Crippen molar-refractivity contribution in [3.8, 4) is 0 Å². The van der Waals surface area contributed by atoms with Crippen molar-refractivity contribution in [2.45, 2.75) is 31.8 Å². The van der Waals surface area contributed by atoms with E-state index in [2.05, 4.69) is 15.3 Å². The third kappa shape index (κ3) is 2.13. The van der Waals surface area contributed by atoms with Crippen LogP contribution < -0.4 is 11.1 Å². The standard InChI is InChI=1S/C10H18N4/c11-6-8-2-1-3-9(8)14-7-10-12-4-5-13-10/h4-5,8-9,14H,1-3,6-7,11H2,(H,12,13). The summed E-state index contributed by atoms with van der Waals surface area (Å²) in [5.74, 6) is 1.66. The Balaban J connectivity index is 1.80. The molecule has 4 nitrogen and oxygen atoms in total. The zero-order valence-electron chi connectivity index (χ0n) is 8.37. The maximum absolute atomic E-state index is 5.71. The monoisotopic (exact) mass is 194 g/mol. The second kappa shape index (κ2) is 4.57. The second-order valence-electron chi connectivity index (χ2n) is 3.95. The number of nitrogens with two attached hydrogens (primary N) is 1. The van der Waals surface area contributed by atoms with Crippen LogP contribution in [0.15, 0.2) is 12.4 Å². The minimum absolute atomic E-state index is 0.588. The Morgan fingerprint density at radius 3 is 3.21 bits per heavy atom. The number of H-pyrrole nitrogens is 1. The third-order valence-corrected chi connectivity index (χ3v) is 3.05. The lowest BCUT2D eigenvalue weighted by Gasteiger charge is -2.18. The van der Waals surface area contributed by atoms with Crippen molar-refractivity contribution in [1.29, 1.82) is 0 Å². The van der Waals surface area contributed by atoms with Crippen LogP contribution >= 0.6 is 0 Å². The average Bonchev–Trinajstić information content (AvgIpc) is 2.85. The van der Waals surface area contributed by atoms with Crippen LogP contribution in [-0.2, 0) is 6.54 Å². The highest BCUT2D eigenvalue weighted by Crippen LogP contribution is 2.24. The fourth-order valence-electron chi connectivity index (χ4n) is 2.21. The van der Waals surface area contributed by atoms with E-state index in [1.54, 1.807) is 6.20 Å². The second-order valence-corrected chi connectivity index (χ2v) is 3.95. The maximum Gasteiger partial charge on any atom is 0.120 e. The van der Waals surface area contributed by atoms with Crippen LogP contribution in [0.1, 0.15) is 25.1 Å². The van der Waals surface area contributed by atoms with E-state index in [0.29, 0.717) is 12.0 Å². The number of nitrogens with one attached hydrogen (secondary N) is 2. The van der Waals surface area contributed by atoms with Gasteiger partial charge in [0.05, 0.1) is 6.54 Å². The lowest BCUT2D eigenvalue weighted by molar-refractivity contribution is 0.403. The molecular weight excluding hydrogens is 176 g/mol. The fourth-order valence-corrected chi connectivity index (χ4v) is 2.21. The molecule has 2 rings (SSSR count). The predicted octanol–water partition coefficient (Wildman–Crippen LogP) is 0.627. The summed E-state index contributed by atoms with van der Waals surface area (Å²) in [5, 5.41) is 3.51. The molecule has 1 aromatic heterocycles. The zero-order valence-corrected chi connectivity index (χ0v) is 8.37. The molecule has 1 aliphatic carbocycles. The first-order valence-electron chi connectivity index (χ1n) is 5.32. The van der Waals surface area contributed by atoms with Gasteiger partial charge in [0.2, 0.25) is 0 Å². The number of imidazole rings is 1. The van der Waals surface area contributed by atoms with Crippen LogP contribution in [0.3, 0.4) is 0 Å². The summed E-state index contributed by atoms with van der Waals surface area (Å²) in [5.41, 5.74) is 5.71. The lowest BCUT2D eigenvalue weighted by atomic mass is 10.0. The molecule has 1 aromatic rings. The van der Waals surface area contributed by atoms with Gasteiger partial charge in [-0.15, -0.1) is 0 Å². The molecule has 1 heterocycles. The van der Waals surface area contributed by atoms with Gasteiger partial charge in [0.1, 0.15) is 5.82 Å². The molecule has 1 saturated carbocycles. The van der Waals surface area contributed by atoms with Gasteiger partial charge < -0.3 is 16.0 Å². The normalized spacial score (nSPS) is 26.9. The van der Waals surface area contributed by atoms with Gasteiger partial charge in [0, 0.05) is 18.4 Å². The van der Waals surface area contributed by atoms with Crippen molar-refractivity contribution in [1.82, 2.24) is 15.3 Å². The molecule has 1 fully saturated rings. The first-order valence-corrected chi connectivity index (χ1v) is 5.32. The summed E-state index contributed by atoms with van der Waals surface area (Å²) in [7, 11) is 0. The Morgan fingerprint density at radius 2 is 2.50 bits per heavy atom. The summed E-state index contributed by atoms with van der Waals surface area (Å²) in [4.78, 5) is 7.27. The number of rotatable bonds is 4. The molecule has 14 heavy (non-hydrogen) atoms. The smallest absolute Gasteiger partial charge is 0.120 e. The fraction of sp³-hybridized carbons (Fsp3) is 0.700. The molecule has 0 spiro atoms. The third-order valence-electron chi connectivity index (χ3n) is 3.05. The summed E-state index contributed by atoms with van der Waals surface area (Å²) in [6.07, 6.45) is 7.46. The largest absolute Gasteiger partial charge is 0.348 e. The maximum atomic E-state index is 5.71. The SMILES string of the molecule is NCC1CCCC1NCc1ncc[nH]1. The van der Waals surface area contributed by atoms with E-state index >= 15 is 0 Å². The summed E-state index contributed by atoms with van der Waals surface area (Å²) in [6.45, 7) is 1.63. The number of aromatic amines is 1. The van der Waals surface area contributed by atoms with Crippen molar-refractivity contribution in [3.63, 3.8) is 0 Å². The zero-order chi connectivity index (χ0) is 9.80. The minimum atomic E-state index is 0.588. The Kier molecular flexibility index (Phi) is 3.16. The van der Waals surface area contributed by atoms with Crippen LogP contribution in [0.25, 0.3) is 0 Å². The molecule has 2 atom stereocenters. The number of aromatic nitrogens is 2. The molecule has 0 bridgehead atoms. The van der Waals surface area contributed by atoms with Crippen molar-refractivity contribution >= 4 is 0 Å². The Bertz CT molecular complexity index is 257. The molecule has 4 N–H and O–H groups in total. The molecule has 0 saturated heterocycles. The van der Waals surface area contributed by atoms with E-state index in [9.17, 15) is 0 Å². The van der Waals surface area contributed by atoms with Gasteiger partial charge in [-0.25, -0.2) is 4.98 Å². The molecule has 0 aromatic carbocycles. The van der Waals surface area contributed by atoms with Gasteiger partial charge in [-0.05, 0) is 25.3 Å². The number of hydrogen-bond acceptors (Lipinski definition) is 3. The van der Waals surface area contributed by atoms with Crippen LogP contribution in [-0.4, -0.2) is 22.6 Å². The number of nitrogens with zero attached hydrogens (tertiary/aromatic N) is 1.